The van der Waals surface area contributed by atoms with E-state index in [1.165, 1.54) is 17.2 Å². The minimum Gasteiger partial charge on any atom is -0.458 e. The Morgan fingerprint density at radius 3 is 2.55 bits per heavy atom. The average molecular weight is 432 g/mol. The molecule has 0 saturated carbocycles. The minimum atomic E-state index is -4.51. The van der Waals surface area contributed by atoms with Crippen LogP contribution in [0, 0.1) is 6.92 Å². The predicted molar refractivity (Wildman–Crippen MR) is 103 cm³/mol. The highest BCUT2D eigenvalue weighted by atomic mass is 19.4. The molecular formula is C20H19F3N6O2. The van der Waals surface area contributed by atoms with Crippen molar-refractivity contribution in [2.24, 2.45) is 0 Å². The van der Waals surface area contributed by atoms with E-state index in [0.29, 0.717) is 43.0 Å². The van der Waals surface area contributed by atoms with E-state index in [-0.39, 0.29) is 18.5 Å². The van der Waals surface area contributed by atoms with E-state index in [2.05, 4.69) is 20.2 Å². The van der Waals surface area contributed by atoms with Crippen LogP contribution in [0.25, 0.3) is 5.69 Å². The van der Waals surface area contributed by atoms with Crippen LogP contribution in [0.15, 0.2) is 43.0 Å². The molecule has 0 spiro atoms. The molecule has 4 rings (SSSR count). The number of halogens is 3. The molecule has 1 fully saturated rings. The first kappa shape index (κ1) is 20.8. The largest absolute Gasteiger partial charge is 0.458 e. The lowest BCUT2D eigenvalue weighted by Gasteiger charge is -2.32. The summed E-state index contributed by atoms with van der Waals surface area (Å²) < 4.78 is 43.6. The van der Waals surface area contributed by atoms with Crippen molar-refractivity contribution in [2.75, 3.05) is 13.1 Å². The molecular weight excluding hydrogens is 413 g/mol. The van der Waals surface area contributed by atoms with Gasteiger partial charge in [-0.2, -0.15) is 28.2 Å². The number of alkyl halides is 3. The molecule has 8 nitrogen and oxygen atoms in total. The van der Waals surface area contributed by atoms with Crippen molar-refractivity contribution in [2.45, 2.75) is 32.0 Å². The van der Waals surface area contributed by atoms with Crippen LogP contribution in [0.1, 0.15) is 34.3 Å². The standard InChI is InChI=1S/C20H19F3N6O2/c1-13-4-5-16(17(9-13)29-26-6-7-27-29)18(30)28-8-2-3-15(12-28)31-19-24-10-14(11-25-19)20(21,22)23/h4-7,9-11,15H,2-3,8,12H2,1H3. The third-order valence-corrected chi connectivity index (χ3v) is 4.91. The highest BCUT2D eigenvalue weighted by molar-refractivity contribution is 5.97. The van der Waals surface area contributed by atoms with E-state index in [4.69, 9.17) is 4.74 Å². The Hall–Kier alpha value is -3.50. The number of rotatable bonds is 4. The van der Waals surface area contributed by atoms with Gasteiger partial charge in [-0.15, -0.1) is 0 Å². The van der Waals surface area contributed by atoms with Crippen LogP contribution >= 0.6 is 0 Å². The van der Waals surface area contributed by atoms with Gasteiger partial charge in [-0.05, 0) is 37.5 Å². The zero-order valence-electron chi connectivity index (χ0n) is 16.6. The fourth-order valence-corrected chi connectivity index (χ4v) is 3.39. The van der Waals surface area contributed by atoms with Crippen LogP contribution in [0.5, 0.6) is 6.01 Å². The third-order valence-electron chi connectivity index (χ3n) is 4.91. The van der Waals surface area contributed by atoms with Gasteiger partial charge in [0, 0.05) is 18.9 Å². The number of hydrogen-bond acceptors (Lipinski definition) is 6. The summed E-state index contributed by atoms with van der Waals surface area (Å²) in [5.41, 5.74) is 1.04. The normalized spacial score (nSPS) is 16.9. The number of aryl methyl sites for hydroxylation is 1. The maximum atomic E-state index is 13.2. The molecule has 1 atom stereocenters. The van der Waals surface area contributed by atoms with Gasteiger partial charge in [-0.1, -0.05) is 6.07 Å². The number of aromatic nitrogens is 5. The van der Waals surface area contributed by atoms with Gasteiger partial charge in [0.05, 0.1) is 35.8 Å². The number of piperidine rings is 1. The maximum absolute atomic E-state index is 13.2. The lowest BCUT2D eigenvalue weighted by molar-refractivity contribution is -0.138. The Morgan fingerprint density at radius 2 is 1.87 bits per heavy atom. The number of likely N-dealkylation sites (tertiary alicyclic amines) is 1. The quantitative estimate of drug-likeness (QED) is 0.630. The lowest BCUT2D eigenvalue weighted by Crippen LogP contribution is -2.44. The number of carbonyl (C=O) groups excluding carboxylic acids is 1. The number of amides is 1. The molecule has 3 aromatic rings. The number of nitrogens with zero attached hydrogens (tertiary/aromatic N) is 6. The summed E-state index contributed by atoms with van der Waals surface area (Å²) in [6.07, 6.45) is 0.811. The number of hydrogen-bond donors (Lipinski definition) is 0. The molecule has 2 aromatic heterocycles. The molecule has 1 unspecified atom stereocenters. The van der Waals surface area contributed by atoms with Crippen LogP contribution in [-0.2, 0) is 6.18 Å². The molecule has 0 N–H and O–H groups in total. The fourth-order valence-electron chi connectivity index (χ4n) is 3.39. The van der Waals surface area contributed by atoms with Crippen LogP contribution in [0.3, 0.4) is 0 Å². The average Bonchev–Trinajstić information content (AvgIpc) is 3.28. The van der Waals surface area contributed by atoms with Crippen LogP contribution in [0.4, 0.5) is 13.2 Å². The van der Waals surface area contributed by atoms with Gasteiger partial charge >= 0.3 is 12.2 Å². The van der Waals surface area contributed by atoms with Crippen molar-refractivity contribution in [1.82, 2.24) is 29.9 Å². The molecule has 11 heteroatoms. The lowest BCUT2D eigenvalue weighted by atomic mass is 10.0. The highest BCUT2D eigenvalue weighted by Crippen LogP contribution is 2.28. The summed E-state index contributed by atoms with van der Waals surface area (Å²) >= 11 is 0. The second-order valence-electron chi connectivity index (χ2n) is 7.22. The zero-order chi connectivity index (χ0) is 22.0. The predicted octanol–water partition coefficient (Wildman–Crippen LogP) is 3.07. The summed E-state index contributed by atoms with van der Waals surface area (Å²) in [6.45, 7) is 2.71. The van der Waals surface area contributed by atoms with Crippen molar-refractivity contribution in [3.8, 4) is 11.7 Å². The van der Waals surface area contributed by atoms with E-state index in [9.17, 15) is 18.0 Å². The van der Waals surface area contributed by atoms with Crippen molar-refractivity contribution in [3.05, 3.63) is 59.7 Å². The summed E-state index contributed by atoms with van der Waals surface area (Å²) in [6, 6.07) is 5.26. The first-order chi connectivity index (χ1) is 14.8. The monoisotopic (exact) mass is 432 g/mol. The summed E-state index contributed by atoms with van der Waals surface area (Å²) in [4.78, 5) is 23.6. The van der Waals surface area contributed by atoms with E-state index < -0.39 is 17.8 Å². The molecule has 162 valence electrons. The Kier molecular flexibility index (Phi) is 5.57. The first-order valence-corrected chi connectivity index (χ1v) is 9.64. The maximum Gasteiger partial charge on any atom is 0.419 e. The van der Waals surface area contributed by atoms with Gasteiger partial charge in [0.25, 0.3) is 5.91 Å². The molecule has 31 heavy (non-hydrogen) atoms. The van der Waals surface area contributed by atoms with Gasteiger partial charge in [0.1, 0.15) is 6.10 Å². The van der Waals surface area contributed by atoms with Crippen molar-refractivity contribution in [3.63, 3.8) is 0 Å². The SMILES string of the molecule is Cc1ccc(C(=O)N2CCCC(Oc3ncc(C(F)(F)F)cn3)C2)c(-n2nccn2)c1. The van der Waals surface area contributed by atoms with Gasteiger partial charge < -0.3 is 9.64 Å². The van der Waals surface area contributed by atoms with E-state index in [1.54, 1.807) is 11.0 Å². The topological polar surface area (TPSA) is 86.0 Å². The molecule has 0 bridgehead atoms. The minimum absolute atomic E-state index is 0.149. The van der Waals surface area contributed by atoms with Crippen LogP contribution < -0.4 is 4.74 Å². The molecule has 1 aliphatic heterocycles. The van der Waals surface area contributed by atoms with Crippen molar-refractivity contribution >= 4 is 5.91 Å². The fraction of sp³-hybridized carbons (Fsp3) is 0.350. The number of ether oxygens (including phenoxy) is 1. The molecule has 1 aromatic carbocycles. The zero-order valence-corrected chi connectivity index (χ0v) is 16.6. The van der Waals surface area contributed by atoms with E-state index in [1.807, 2.05) is 19.1 Å². The second kappa shape index (κ2) is 8.32. The first-order valence-electron chi connectivity index (χ1n) is 9.64. The van der Waals surface area contributed by atoms with E-state index >= 15 is 0 Å². The van der Waals surface area contributed by atoms with E-state index in [0.717, 1.165) is 5.56 Å². The Morgan fingerprint density at radius 1 is 1.16 bits per heavy atom. The molecule has 1 saturated heterocycles. The number of carbonyl (C=O) groups is 1. The molecule has 1 aliphatic rings. The van der Waals surface area contributed by atoms with Crippen molar-refractivity contribution < 1.29 is 22.7 Å². The molecule has 1 amide bonds. The highest BCUT2D eigenvalue weighted by Gasteiger charge is 2.32. The van der Waals surface area contributed by atoms with Gasteiger partial charge in [-0.3, -0.25) is 4.79 Å². The number of benzene rings is 1. The van der Waals surface area contributed by atoms with Crippen molar-refractivity contribution in [1.29, 1.82) is 0 Å². The van der Waals surface area contributed by atoms with Crippen LogP contribution in [0.2, 0.25) is 0 Å². The third kappa shape index (κ3) is 4.65. The van der Waals surface area contributed by atoms with Crippen LogP contribution in [-0.4, -0.2) is 55.0 Å². The Bertz CT molecular complexity index is 1050. The van der Waals surface area contributed by atoms with Gasteiger partial charge in [0.15, 0.2) is 0 Å². The van der Waals surface area contributed by atoms with Gasteiger partial charge in [0.2, 0.25) is 0 Å². The summed E-state index contributed by atoms with van der Waals surface area (Å²) in [7, 11) is 0. The molecule has 0 radical (unpaired) electrons. The summed E-state index contributed by atoms with van der Waals surface area (Å²) in [5, 5.41) is 8.25. The Labute approximate surface area is 175 Å². The molecule has 0 aliphatic carbocycles. The molecule has 3 heterocycles. The second-order valence-corrected chi connectivity index (χ2v) is 7.22. The smallest absolute Gasteiger partial charge is 0.419 e. The Balaban J connectivity index is 1.49. The summed E-state index contributed by atoms with van der Waals surface area (Å²) in [5.74, 6) is -0.200. The van der Waals surface area contributed by atoms with Gasteiger partial charge in [-0.25, -0.2) is 9.97 Å².